The van der Waals surface area contributed by atoms with E-state index in [0.717, 1.165) is 6.42 Å². The fourth-order valence-electron chi connectivity index (χ4n) is 2.21. The molecule has 0 spiro atoms. The van der Waals surface area contributed by atoms with E-state index in [9.17, 15) is 0 Å². The predicted molar refractivity (Wildman–Crippen MR) is 89.5 cm³/mol. The third-order valence-electron chi connectivity index (χ3n) is 4.20. The van der Waals surface area contributed by atoms with Gasteiger partial charge in [-0.25, -0.2) is 0 Å². The minimum absolute atomic E-state index is 0.375. The first kappa shape index (κ1) is 15.6. The Labute approximate surface area is 119 Å². The summed E-state index contributed by atoms with van der Waals surface area (Å²) >= 11 is 0. The summed E-state index contributed by atoms with van der Waals surface area (Å²) in [4.78, 5) is 0. The van der Waals surface area contributed by atoms with Crippen molar-refractivity contribution >= 4 is 6.71 Å². The van der Waals surface area contributed by atoms with E-state index in [2.05, 4.69) is 65.9 Å². The molecule has 0 bridgehead atoms. The van der Waals surface area contributed by atoms with Gasteiger partial charge in [-0.05, 0) is 50.8 Å². The van der Waals surface area contributed by atoms with Gasteiger partial charge in [0.1, 0.15) is 0 Å². The van der Waals surface area contributed by atoms with Crippen LogP contribution in [0.2, 0.25) is 6.82 Å². The monoisotopic (exact) mass is 252 g/mol. The molecule has 0 nitrogen and oxygen atoms in total. The summed E-state index contributed by atoms with van der Waals surface area (Å²) in [6.07, 6.45) is 9.70. The van der Waals surface area contributed by atoms with E-state index in [1.807, 2.05) is 6.08 Å². The maximum absolute atomic E-state index is 4.29. The van der Waals surface area contributed by atoms with Gasteiger partial charge in [-0.3, -0.25) is 0 Å². The second-order valence-corrected chi connectivity index (χ2v) is 5.45. The van der Waals surface area contributed by atoms with Gasteiger partial charge in [0.2, 0.25) is 6.71 Å². The third kappa shape index (κ3) is 3.73. The molecule has 0 saturated heterocycles. The molecule has 1 aliphatic carbocycles. The summed E-state index contributed by atoms with van der Waals surface area (Å²) in [6, 6.07) is 0. The molecule has 0 heterocycles. The van der Waals surface area contributed by atoms with Crippen molar-refractivity contribution in [3.63, 3.8) is 0 Å². The van der Waals surface area contributed by atoms with Crippen molar-refractivity contribution in [1.82, 2.24) is 0 Å². The second kappa shape index (κ2) is 6.61. The molecule has 1 rings (SSSR count). The zero-order valence-electron chi connectivity index (χ0n) is 13.0. The molecule has 0 radical (unpaired) electrons. The molecule has 0 aliphatic heterocycles. The van der Waals surface area contributed by atoms with Gasteiger partial charge in [-0.15, -0.1) is 6.58 Å². The van der Waals surface area contributed by atoms with Gasteiger partial charge in [0.15, 0.2) is 0 Å². The van der Waals surface area contributed by atoms with Gasteiger partial charge in [0.25, 0.3) is 0 Å². The zero-order valence-corrected chi connectivity index (χ0v) is 13.0. The van der Waals surface area contributed by atoms with Crippen LogP contribution in [0.5, 0.6) is 0 Å². The third-order valence-corrected chi connectivity index (χ3v) is 4.20. The van der Waals surface area contributed by atoms with Crippen LogP contribution in [0.15, 0.2) is 70.7 Å². The average molecular weight is 252 g/mol. The summed E-state index contributed by atoms with van der Waals surface area (Å²) in [5.41, 5.74) is 7.81. The molecule has 0 N–H and O–H groups in total. The Morgan fingerprint density at radius 3 is 2.47 bits per heavy atom. The molecule has 1 heteroatoms. The number of allylic oxidation sites excluding steroid dienone is 10. The minimum atomic E-state index is 0.375. The van der Waals surface area contributed by atoms with Crippen molar-refractivity contribution in [2.75, 3.05) is 0 Å². The Kier molecular flexibility index (Phi) is 5.41. The quantitative estimate of drug-likeness (QED) is 0.458. The van der Waals surface area contributed by atoms with E-state index in [1.165, 1.54) is 33.2 Å². The van der Waals surface area contributed by atoms with E-state index in [-0.39, 0.29) is 0 Å². The summed E-state index contributed by atoms with van der Waals surface area (Å²) in [5, 5.41) is 0. The summed E-state index contributed by atoms with van der Waals surface area (Å²) in [7, 11) is 0. The van der Waals surface area contributed by atoms with Crippen molar-refractivity contribution in [3.05, 3.63) is 70.7 Å². The van der Waals surface area contributed by atoms with E-state index < -0.39 is 0 Å². The van der Waals surface area contributed by atoms with Crippen LogP contribution >= 0.6 is 0 Å². The lowest BCUT2D eigenvalue weighted by atomic mass is 9.39. The molecule has 100 valence electrons. The Morgan fingerprint density at radius 2 is 1.89 bits per heavy atom. The topological polar surface area (TPSA) is 0 Å². The van der Waals surface area contributed by atoms with Crippen molar-refractivity contribution < 1.29 is 0 Å². The van der Waals surface area contributed by atoms with Gasteiger partial charge in [-0.2, -0.15) is 0 Å². The second-order valence-electron chi connectivity index (χ2n) is 5.45. The van der Waals surface area contributed by atoms with E-state index in [4.69, 9.17) is 0 Å². The fraction of sp³-hybridized carbons (Fsp3) is 0.333. The van der Waals surface area contributed by atoms with Crippen LogP contribution in [0, 0.1) is 0 Å². The maximum Gasteiger partial charge on any atom is 0.201 e. The van der Waals surface area contributed by atoms with Crippen LogP contribution in [-0.2, 0) is 0 Å². The lowest BCUT2D eigenvalue weighted by Crippen LogP contribution is -2.16. The lowest BCUT2D eigenvalue weighted by molar-refractivity contribution is 1.31. The summed E-state index contributed by atoms with van der Waals surface area (Å²) in [5.74, 6) is 0. The molecule has 0 fully saturated rings. The molecule has 1 aliphatic rings. The Morgan fingerprint density at radius 1 is 1.26 bits per heavy atom. The molecule has 0 aromatic carbocycles. The summed E-state index contributed by atoms with van der Waals surface area (Å²) in [6.45, 7) is 19.3. The highest BCUT2D eigenvalue weighted by Gasteiger charge is 2.18. The predicted octanol–water partition coefficient (Wildman–Crippen LogP) is 5.49. The van der Waals surface area contributed by atoms with Crippen LogP contribution in [0.3, 0.4) is 0 Å². The SMILES string of the molecule is C=C/C(C)=C(/C)C(=C)B(C)C1=CC(C)=C(C)C=CC1. The molecule has 0 atom stereocenters. The highest BCUT2D eigenvalue weighted by atomic mass is 14.0. The number of hydrogen-bond acceptors (Lipinski definition) is 0. The highest BCUT2D eigenvalue weighted by molar-refractivity contribution is 6.73. The lowest BCUT2D eigenvalue weighted by Gasteiger charge is -2.17. The van der Waals surface area contributed by atoms with Crippen LogP contribution in [0.25, 0.3) is 0 Å². The first-order valence-electron chi connectivity index (χ1n) is 6.92. The minimum Gasteiger partial charge on any atom is -0.104 e. The van der Waals surface area contributed by atoms with Gasteiger partial charge in [0.05, 0.1) is 0 Å². The van der Waals surface area contributed by atoms with Crippen LogP contribution in [-0.4, -0.2) is 6.71 Å². The molecular formula is C18H25B. The van der Waals surface area contributed by atoms with Crippen molar-refractivity contribution in [2.24, 2.45) is 0 Å². The Bertz CT molecular complexity index is 510. The largest absolute Gasteiger partial charge is 0.201 e. The van der Waals surface area contributed by atoms with Crippen molar-refractivity contribution in [1.29, 1.82) is 0 Å². The zero-order chi connectivity index (χ0) is 14.6. The van der Waals surface area contributed by atoms with Crippen LogP contribution in [0.4, 0.5) is 0 Å². The van der Waals surface area contributed by atoms with E-state index >= 15 is 0 Å². The van der Waals surface area contributed by atoms with Gasteiger partial charge in [0, 0.05) is 0 Å². The summed E-state index contributed by atoms with van der Waals surface area (Å²) < 4.78 is 0. The Balaban J connectivity index is 3.06. The molecular weight excluding hydrogens is 227 g/mol. The normalized spacial score (nSPS) is 16.6. The van der Waals surface area contributed by atoms with Crippen molar-refractivity contribution in [2.45, 2.75) is 40.9 Å². The van der Waals surface area contributed by atoms with Gasteiger partial charge >= 0.3 is 0 Å². The standard InChI is InChI=1S/C18H25B/c1-8-13(2)16(5)17(6)19(7)18-11-9-10-14(3)15(4)12-18/h8-10,12H,1,6,11H2,2-5,7H3/b16-13-. The fourth-order valence-corrected chi connectivity index (χ4v) is 2.21. The van der Waals surface area contributed by atoms with Crippen LogP contribution in [0.1, 0.15) is 34.1 Å². The first-order valence-corrected chi connectivity index (χ1v) is 6.92. The molecule has 0 unspecified atom stereocenters. The van der Waals surface area contributed by atoms with E-state index in [1.54, 1.807) is 0 Å². The molecule has 0 aromatic rings. The maximum atomic E-state index is 4.29. The Hall–Kier alpha value is -1.50. The van der Waals surface area contributed by atoms with E-state index in [0.29, 0.717) is 6.71 Å². The smallest absolute Gasteiger partial charge is 0.104 e. The number of hydrogen-bond donors (Lipinski definition) is 0. The first-order chi connectivity index (χ1) is 8.88. The molecule has 0 saturated carbocycles. The van der Waals surface area contributed by atoms with Gasteiger partial charge < -0.3 is 0 Å². The molecule has 0 aromatic heterocycles. The van der Waals surface area contributed by atoms with Crippen molar-refractivity contribution in [3.8, 4) is 0 Å². The molecule has 19 heavy (non-hydrogen) atoms. The van der Waals surface area contributed by atoms with Crippen LogP contribution < -0.4 is 0 Å². The highest BCUT2D eigenvalue weighted by Crippen LogP contribution is 2.25. The molecule has 0 amide bonds. The van der Waals surface area contributed by atoms with Gasteiger partial charge in [-0.1, -0.05) is 54.2 Å². The number of rotatable bonds is 4. The average Bonchev–Trinajstić information content (AvgIpc) is 2.57.